The molecular weight excluding hydrogens is 418 g/mol. The first kappa shape index (κ1) is 18.8. The fourth-order valence-electron chi connectivity index (χ4n) is 2.78. The smallest absolute Gasteiger partial charge is 0.340 e. The molecule has 1 unspecified atom stereocenters. The van der Waals surface area contributed by atoms with Gasteiger partial charge in [0.15, 0.2) is 5.13 Å². The summed E-state index contributed by atoms with van der Waals surface area (Å²) in [5.41, 5.74) is 1.61. The second-order valence-electron chi connectivity index (χ2n) is 6.14. The number of rotatable bonds is 6. The molecule has 1 aliphatic rings. The molecule has 1 atom stereocenters. The highest BCUT2D eigenvalue weighted by atomic mass is 79.9. The maximum atomic E-state index is 12.6. The van der Waals surface area contributed by atoms with E-state index in [9.17, 15) is 9.59 Å². The number of ether oxygens (including phenoxy) is 1. The zero-order chi connectivity index (χ0) is 18.7. The zero-order valence-corrected chi connectivity index (χ0v) is 17.0. The molecule has 0 saturated carbocycles. The molecule has 138 valence electrons. The third kappa shape index (κ3) is 4.07. The number of benzene rings is 1. The lowest BCUT2D eigenvalue weighted by molar-refractivity contribution is 0.0331. The Labute approximate surface area is 164 Å². The predicted octanol–water partition coefficient (Wildman–Crippen LogP) is 4.30. The summed E-state index contributed by atoms with van der Waals surface area (Å²) in [7, 11) is 1.68. The lowest BCUT2D eigenvalue weighted by atomic mass is 10.1. The zero-order valence-electron chi connectivity index (χ0n) is 14.6. The van der Waals surface area contributed by atoms with Crippen LogP contribution in [0.3, 0.4) is 0 Å². The van der Waals surface area contributed by atoms with Crippen LogP contribution in [0, 0.1) is 0 Å². The van der Waals surface area contributed by atoms with Gasteiger partial charge in [-0.25, -0.2) is 19.5 Å². The first-order valence-corrected chi connectivity index (χ1v) is 10.1. The normalized spacial score (nSPS) is 17.0. The van der Waals surface area contributed by atoms with Crippen LogP contribution in [0.15, 0.2) is 34.2 Å². The van der Waals surface area contributed by atoms with Gasteiger partial charge in [0.05, 0.1) is 22.1 Å². The fourth-order valence-corrected chi connectivity index (χ4v) is 4.00. The summed E-state index contributed by atoms with van der Waals surface area (Å²) in [6.45, 7) is 2.44. The van der Waals surface area contributed by atoms with Crippen molar-refractivity contribution in [2.45, 2.75) is 32.4 Å². The summed E-state index contributed by atoms with van der Waals surface area (Å²) in [6, 6.07) is 7.24. The quantitative estimate of drug-likeness (QED) is 0.631. The number of nitrogens with zero attached hydrogens (tertiary/aromatic N) is 3. The fraction of sp³-hybridized carbons (Fsp3) is 0.389. The van der Waals surface area contributed by atoms with Crippen molar-refractivity contribution < 1.29 is 14.3 Å². The summed E-state index contributed by atoms with van der Waals surface area (Å²) >= 11 is 4.67. The third-order valence-corrected chi connectivity index (χ3v) is 5.62. The van der Waals surface area contributed by atoms with Gasteiger partial charge in [0.1, 0.15) is 0 Å². The van der Waals surface area contributed by atoms with Crippen LogP contribution in [0.4, 0.5) is 9.93 Å². The van der Waals surface area contributed by atoms with Gasteiger partial charge in [0.2, 0.25) is 6.23 Å². The van der Waals surface area contributed by atoms with Crippen LogP contribution in [0.1, 0.15) is 35.7 Å². The van der Waals surface area contributed by atoms with Crippen molar-refractivity contribution in [1.29, 1.82) is 0 Å². The highest BCUT2D eigenvalue weighted by Crippen LogP contribution is 2.31. The second-order valence-corrected chi connectivity index (χ2v) is 8.53. The first-order chi connectivity index (χ1) is 12.5. The summed E-state index contributed by atoms with van der Waals surface area (Å²) in [5.74, 6) is -0.433. The maximum absolute atomic E-state index is 12.6. The molecule has 2 amide bonds. The third-order valence-electron chi connectivity index (χ3n) is 4.15. The van der Waals surface area contributed by atoms with Gasteiger partial charge in [0.25, 0.3) is 0 Å². The van der Waals surface area contributed by atoms with Gasteiger partial charge in [-0.15, -0.1) is 0 Å². The molecule has 0 N–H and O–H groups in total. The van der Waals surface area contributed by atoms with Crippen LogP contribution >= 0.6 is 27.3 Å². The minimum absolute atomic E-state index is 0.235. The highest BCUT2D eigenvalue weighted by Gasteiger charge is 2.40. The van der Waals surface area contributed by atoms with Gasteiger partial charge in [-0.3, -0.25) is 0 Å². The summed E-state index contributed by atoms with van der Waals surface area (Å²) in [5, 5.41) is 0.501. The molecule has 3 rings (SSSR count). The molecule has 1 fully saturated rings. The van der Waals surface area contributed by atoms with E-state index < -0.39 is 12.2 Å². The van der Waals surface area contributed by atoms with E-state index in [2.05, 4.69) is 27.8 Å². The van der Waals surface area contributed by atoms with E-state index in [0.29, 0.717) is 17.2 Å². The number of hydrogen-bond acceptors (Lipinski definition) is 5. The Bertz CT molecular complexity index is 810. The van der Waals surface area contributed by atoms with E-state index in [1.807, 2.05) is 18.2 Å². The van der Waals surface area contributed by atoms with E-state index in [0.717, 1.165) is 28.6 Å². The average molecular weight is 438 g/mol. The van der Waals surface area contributed by atoms with Gasteiger partial charge in [-0.05, 0) is 46.5 Å². The van der Waals surface area contributed by atoms with Crippen molar-refractivity contribution in [2.24, 2.45) is 0 Å². The van der Waals surface area contributed by atoms with Crippen molar-refractivity contribution in [3.05, 3.63) is 45.4 Å². The molecule has 1 aromatic heterocycles. The second kappa shape index (κ2) is 8.18. The van der Waals surface area contributed by atoms with E-state index in [4.69, 9.17) is 4.74 Å². The molecule has 2 aromatic rings. The molecule has 1 aromatic carbocycles. The van der Waals surface area contributed by atoms with Crippen molar-refractivity contribution in [2.75, 3.05) is 18.5 Å². The molecule has 1 aliphatic heterocycles. The van der Waals surface area contributed by atoms with Crippen LogP contribution < -0.4 is 4.90 Å². The van der Waals surface area contributed by atoms with Gasteiger partial charge < -0.3 is 9.64 Å². The van der Waals surface area contributed by atoms with Crippen LogP contribution in [-0.4, -0.2) is 41.7 Å². The van der Waals surface area contributed by atoms with Crippen molar-refractivity contribution in [3.63, 3.8) is 0 Å². The molecule has 26 heavy (non-hydrogen) atoms. The summed E-state index contributed by atoms with van der Waals surface area (Å²) in [6.07, 6.45) is 4.04. The number of aromatic nitrogens is 1. The SMILES string of the molecule is CCCCc1cccc(C(=O)OC2CN(C)C(=O)N2c2ncc(Br)s2)c1. The van der Waals surface area contributed by atoms with Crippen LogP contribution in [0.25, 0.3) is 0 Å². The predicted molar refractivity (Wildman–Crippen MR) is 105 cm³/mol. The van der Waals surface area contributed by atoms with E-state index in [-0.39, 0.29) is 6.03 Å². The molecular formula is C18H20BrN3O3S. The Morgan fingerprint density at radius 2 is 2.27 bits per heavy atom. The largest absolute Gasteiger partial charge is 0.435 e. The number of amides is 2. The number of likely N-dealkylation sites (N-methyl/N-ethyl adjacent to an activating group) is 1. The first-order valence-electron chi connectivity index (χ1n) is 8.45. The van der Waals surface area contributed by atoms with Crippen LogP contribution in [0.5, 0.6) is 0 Å². The van der Waals surface area contributed by atoms with E-state index >= 15 is 0 Å². The molecule has 0 aliphatic carbocycles. The van der Waals surface area contributed by atoms with Gasteiger partial charge >= 0.3 is 12.0 Å². The number of urea groups is 1. The average Bonchev–Trinajstić information content (AvgIpc) is 3.16. The molecule has 6 nitrogen and oxygen atoms in total. The van der Waals surface area contributed by atoms with Gasteiger partial charge in [-0.2, -0.15) is 0 Å². The number of unbranched alkanes of at least 4 members (excludes halogenated alkanes) is 1. The number of halogens is 1. The van der Waals surface area contributed by atoms with Crippen LogP contribution in [-0.2, 0) is 11.2 Å². The van der Waals surface area contributed by atoms with Crippen LogP contribution in [0.2, 0.25) is 0 Å². The van der Waals surface area contributed by atoms with Crippen molar-refractivity contribution >= 4 is 44.4 Å². The Kier molecular flexibility index (Phi) is 5.93. The lowest BCUT2D eigenvalue weighted by Gasteiger charge is -2.20. The summed E-state index contributed by atoms with van der Waals surface area (Å²) in [4.78, 5) is 32.2. The highest BCUT2D eigenvalue weighted by molar-refractivity contribution is 9.11. The topological polar surface area (TPSA) is 62.7 Å². The Morgan fingerprint density at radius 3 is 2.96 bits per heavy atom. The van der Waals surface area contributed by atoms with Gasteiger partial charge in [0, 0.05) is 7.05 Å². The standard InChI is InChI=1S/C18H20BrN3O3S/c1-3-4-6-12-7-5-8-13(9-12)16(23)25-15-11-21(2)18(24)22(15)17-20-10-14(19)26-17/h5,7-10,15H,3-4,6,11H2,1-2H3. The monoisotopic (exact) mass is 437 g/mol. The number of esters is 1. The lowest BCUT2D eigenvalue weighted by Crippen LogP contribution is -2.37. The minimum atomic E-state index is -0.697. The molecule has 1 saturated heterocycles. The number of carbonyl (C=O) groups excluding carboxylic acids is 2. The molecule has 0 spiro atoms. The Morgan fingerprint density at radius 1 is 1.46 bits per heavy atom. The number of hydrogen-bond donors (Lipinski definition) is 0. The van der Waals surface area contributed by atoms with E-state index in [1.54, 1.807) is 19.3 Å². The van der Waals surface area contributed by atoms with Gasteiger partial charge in [-0.1, -0.05) is 36.8 Å². The number of carbonyl (C=O) groups is 2. The minimum Gasteiger partial charge on any atom is -0.435 e. The number of thiazole rings is 1. The Hall–Kier alpha value is -1.93. The summed E-state index contributed by atoms with van der Waals surface area (Å²) < 4.78 is 6.46. The molecule has 2 heterocycles. The molecule has 0 radical (unpaired) electrons. The molecule has 8 heteroatoms. The number of anilines is 1. The maximum Gasteiger partial charge on any atom is 0.340 e. The van der Waals surface area contributed by atoms with Crippen molar-refractivity contribution in [1.82, 2.24) is 9.88 Å². The van der Waals surface area contributed by atoms with Crippen molar-refractivity contribution in [3.8, 4) is 0 Å². The number of aryl methyl sites for hydroxylation is 1. The van der Waals surface area contributed by atoms with E-state index in [1.165, 1.54) is 21.1 Å². The molecule has 0 bridgehead atoms. The Balaban J connectivity index is 1.76.